The molecule has 1 fully saturated rings. The van der Waals surface area contributed by atoms with Gasteiger partial charge in [-0.15, -0.1) is 0 Å². The molecule has 0 aromatic heterocycles. The highest BCUT2D eigenvalue weighted by molar-refractivity contribution is 7.74. The molecule has 0 radical (unpaired) electrons. The van der Waals surface area contributed by atoms with Gasteiger partial charge in [0, 0.05) is 0 Å². The van der Waals surface area contributed by atoms with Crippen molar-refractivity contribution < 1.29 is 32.2 Å². The van der Waals surface area contributed by atoms with Gasteiger partial charge in [-0.25, -0.2) is 13.2 Å². The zero-order valence-electron chi connectivity index (χ0n) is 15.9. The Kier molecular flexibility index (Phi) is 6.69. The minimum Gasteiger partial charge on any atom is -0.491 e. The lowest BCUT2D eigenvalue weighted by Crippen LogP contribution is -2.34. The van der Waals surface area contributed by atoms with Crippen LogP contribution >= 0.6 is 0 Å². The summed E-state index contributed by atoms with van der Waals surface area (Å²) in [5, 5.41) is 0. The number of hydrogen-bond acceptors (Lipinski definition) is 7. The average Bonchev–Trinajstić information content (AvgIpc) is 3.39. The Morgan fingerprint density at radius 2 is 1.89 bits per heavy atom. The predicted molar refractivity (Wildman–Crippen MR) is 99.5 cm³/mol. The molecule has 0 bridgehead atoms. The summed E-state index contributed by atoms with van der Waals surface area (Å²) in [7, 11) is -1.88. The maximum absolute atomic E-state index is 12.1. The largest absolute Gasteiger partial charge is 0.491 e. The van der Waals surface area contributed by atoms with Crippen molar-refractivity contribution in [3.8, 4) is 5.75 Å². The number of carbonyl (C=O) groups excluding carboxylic acids is 2. The minimum atomic E-state index is -3.13. The molecule has 0 aliphatic heterocycles. The second-order valence-electron chi connectivity index (χ2n) is 7.31. The first-order valence-corrected chi connectivity index (χ1v) is 9.72. The third kappa shape index (κ3) is 6.42. The van der Waals surface area contributed by atoms with Gasteiger partial charge in [-0.3, -0.25) is 9.10 Å². The molecule has 27 heavy (non-hydrogen) atoms. The van der Waals surface area contributed by atoms with E-state index in [1.807, 2.05) is 0 Å². The number of esters is 2. The number of anilines is 1. The van der Waals surface area contributed by atoms with Crippen LogP contribution in [0.5, 0.6) is 5.75 Å². The maximum atomic E-state index is 12.1. The van der Waals surface area contributed by atoms with Gasteiger partial charge < -0.3 is 14.2 Å². The lowest BCUT2D eigenvalue weighted by Gasteiger charge is -2.24. The zero-order valence-corrected chi connectivity index (χ0v) is 16.8. The van der Waals surface area contributed by atoms with Gasteiger partial charge in [0.05, 0.1) is 25.0 Å². The summed E-state index contributed by atoms with van der Waals surface area (Å²) < 4.78 is 40.1. The lowest BCUT2D eigenvalue weighted by molar-refractivity contribution is -0.152. The second kappa shape index (κ2) is 8.60. The molecule has 0 atom stereocenters. The molecule has 150 valence electrons. The smallest absolute Gasteiger partial charge is 0.337 e. The SMILES string of the molecule is COC(=O)c1ccc(N(CC(=O)OC(C)(C)C)[SH](=O)=O)c(OCC2CC2)c1. The van der Waals surface area contributed by atoms with Crippen LogP contribution in [0.2, 0.25) is 0 Å². The molecule has 1 aromatic carbocycles. The summed E-state index contributed by atoms with van der Waals surface area (Å²) in [6, 6.07) is 4.26. The monoisotopic (exact) mass is 399 g/mol. The van der Waals surface area contributed by atoms with Crippen molar-refractivity contribution in [1.29, 1.82) is 0 Å². The third-order valence-electron chi connectivity index (χ3n) is 3.73. The van der Waals surface area contributed by atoms with Gasteiger partial charge in [-0.1, -0.05) is 0 Å². The number of thiol groups is 1. The van der Waals surface area contributed by atoms with Crippen LogP contribution in [0, 0.1) is 5.92 Å². The van der Waals surface area contributed by atoms with Crippen molar-refractivity contribution in [3.63, 3.8) is 0 Å². The van der Waals surface area contributed by atoms with E-state index in [1.54, 1.807) is 20.8 Å². The first kappa shape index (κ1) is 21.0. The van der Waals surface area contributed by atoms with Crippen LogP contribution in [0.25, 0.3) is 0 Å². The molecule has 1 aliphatic carbocycles. The van der Waals surface area contributed by atoms with Gasteiger partial charge in [-0.2, -0.15) is 0 Å². The highest BCUT2D eigenvalue weighted by Crippen LogP contribution is 2.34. The van der Waals surface area contributed by atoms with Gasteiger partial charge in [0.25, 0.3) is 0 Å². The van der Waals surface area contributed by atoms with Crippen molar-refractivity contribution in [2.45, 2.75) is 39.2 Å². The van der Waals surface area contributed by atoms with Gasteiger partial charge in [0.15, 0.2) is 0 Å². The molecule has 0 unspecified atom stereocenters. The fraction of sp³-hybridized carbons (Fsp3) is 0.556. The van der Waals surface area contributed by atoms with Crippen LogP contribution in [-0.2, 0) is 25.2 Å². The summed E-state index contributed by atoms with van der Waals surface area (Å²) in [6.45, 7) is 5.01. The molecule has 0 saturated heterocycles. The molecule has 9 heteroatoms. The first-order valence-electron chi connectivity index (χ1n) is 8.59. The van der Waals surface area contributed by atoms with Gasteiger partial charge in [-0.05, 0) is 57.7 Å². The van der Waals surface area contributed by atoms with Crippen molar-refractivity contribution in [2.24, 2.45) is 5.92 Å². The molecule has 8 nitrogen and oxygen atoms in total. The standard InChI is InChI=1S/C18H25NO7S/c1-18(2,3)26-16(20)10-19(27(22)23)14-8-7-13(17(21)24-4)9-15(14)25-11-12-5-6-12/h7-9,12,27H,5-6,10-11H2,1-4H3. The van der Waals surface area contributed by atoms with Gasteiger partial charge in [0.1, 0.15) is 17.9 Å². The fourth-order valence-corrected chi connectivity index (χ4v) is 2.88. The van der Waals surface area contributed by atoms with E-state index in [4.69, 9.17) is 14.2 Å². The summed E-state index contributed by atoms with van der Waals surface area (Å²) in [4.78, 5) is 23.9. The number of carbonyl (C=O) groups is 2. The van der Waals surface area contributed by atoms with E-state index in [2.05, 4.69) is 0 Å². The van der Waals surface area contributed by atoms with Crippen LogP contribution in [-0.4, -0.2) is 46.2 Å². The molecule has 0 spiro atoms. The quantitative estimate of drug-likeness (QED) is 0.527. The van der Waals surface area contributed by atoms with Crippen LogP contribution in [0.4, 0.5) is 5.69 Å². The van der Waals surface area contributed by atoms with Crippen molar-refractivity contribution in [2.75, 3.05) is 24.6 Å². The third-order valence-corrected chi connectivity index (χ3v) is 4.48. The minimum absolute atomic E-state index is 0.172. The Morgan fingerprint density at radius 1 is 1.22 bits per heavy atom. The van der Waals surface area contributed by atoms with E-state index < -0.39 is 35.0 Å². The van der Waals surface area contributed by atoms with Crippen LogP contribution in [0.15, 0.2) is 18.2 Å². The summed E-state index contributed by atoms with van der Waals surface area (Å²) in [5.74, 6) is -0.637. The lowest BCUT2D eigenvalue weighted by atomic mass is 10.2. The number of methoxy groups -OCH3 is 1. The van der Waals surface area contributed by atoms with Crippen molar-refractivity contribution in [3.05, 3.63) is 23.8 Å². The van der Waals surface area contributed by atoms with E-state index in [9.17, 15) is 18.0 Å². The number of ether oxygens (including phenoxy) is 3. The van der Waals surface area contributed by atoms with E-state index in [0.29, 0.717) is 12.5 Å². The molecule has 2 rings (SSSR count). The molecule has 1 aliphatic rings. The van der Waals surface area contributed by atoms with Crippen molar-refractivity contribution >= 4 is 28.5 Å². The summed E-state index contributed by atoms with van der Waals surface area (Å²) in [5.41, 5.74) is -0.340. The van der Waals surface area contributed by atoms with Crippen molar-refractivity contribution in [1.82, 2.24) is 0 Å². The Balaban J connectivity index is 2.31. The Labute approximate surface area is 160 Å². The van der Waals surface area contributed by atoms with Gasteiger partial charge >= 0.3 is 11.9 Å². The molecule has 0 heterocycles. The Hall–Kier alpha value is -2.29. The highest BCUT2D eigenvalue weighted by Gasteiger charge is 2.26. The number of nitrogens with zero attached hydrogens (tertiary/aromatic N) is 1. The Morgan fingerprint density at radius 3 is 2.41 bits per heavy atom. The van der Waals surface area contributed by atoms with E-state index in [-0.39, 0.29) is 17.0 Å². The van der Waals surface area contributed by atoms with E-state index in [0.717, 1.165) is 17.1 Å². The maximum Gasteiger partial charge on any atom is 0.337 e. The zero-order chi connectivity index (χ0) is 20.2. The van der Waals surface area contributed by atoms with Gasteiger partial charge in [0.2, 0.25) is 10.9 Å². The molecular weight excluding hydrogens is 374 g/mol. The molecule has 1 aromatic rings. The molecule has 0 amide bonds. The average molecular weight is 399 g/mol. The summed E-state index contributed by atoms with van der Waals surface area (Å²) >= 11 is 0. The first-order chi connectivity index (χ1) is 12.6. The highest BCUT2D eigenvalue weighted by atomic mass is 32.2. The summed E-state index contributed by atoms with van der Waals surface area (Å²) in [6.07, 6.45) is 2.09. The second-order valence-corrected chi connectivity index (χ2v) is 8.27. The number of hydrogen-bond donors (Lipinski definition) is 1. The Bertz CT molecular complexity index is 770. The molecule has 1 saturated carbocycles. The number of benzene rings is 1. The molecule has 0 N–H and O–H groups in total. The van der Waals surface area contributed by atoms with E-state index >= 15 is 0 Å². The van der Waals surface area contributed by atoms with Crippen LogP contribution in [0.1, 0.15) is 44.0 Å². The normalized spacial score (nSPS) is 14.0. The van der Waals surface area contributed by atoms with Crippen LogP contribution < -0.4 is 9.04 Å². The number of rotatable bonds is 8. The van der Waals surface area contributed by atoms with Crippen LogP contribution in [0.3, 0.4) is 0 Å². The molecular formula is C18H25NO7S. The predicted octanol–water partition coefficient (Wildman–Crippen LogP) is 1.94. The fourth-order valence-electron chi connectivity index (χ4n) is 2.31. The topological polar surface area (TPSA) is 99.2 Å². The van der Waals surface area contributed by atoms with E-state index in [1.165, 1.54) is 25.3 Å².